The van der Waals surface area contributed by atoms with Crippen molar-refractivity contribution in [3.8, 4) is 0 Å². The van der Waals surface area contributed by atoms with Crippen LogP contribution in [0.15, 0.2) is 54.6 Å². The van der Waals surface area contributed by atoms with Crippen LogP contribution in [0.4, 0.5) is 9.18 Å². The van der Waals surface area contributed by atoms with Crippen LogP contribution in [0.25, 0.3) is 0 Å². The van der Waals surface area contributed by atoms with E-state index in [2.05, 4.69) is 0 Å². The number of aliphatic hydroxyl groups excluding tert-OH is 1. The average molecular weight is 343 g/mol. The molecular formula is C20H22FNO3. The number of aliphatic hydroxyl groups is 1. The first kappa shape index (κ1) is 17.4. The zero-order chi connectivity index (χ0) is 17.9. The van der Waals surface area contributed by atoms with Crippen LogP contribution in [-0.4, -0.2) is 29.3 Å². The van der Waals surface area contributed by atoms with Crippen molar-refractivity contribution >= 4 is 6.09 Å². The van der Waals surface area contributed by atoms with Gasteiger partial charge in [-0.05, 0) is 30.2 Å². The minimum Gasteiger partial charge on any atom is -0.438 e. The summed E-state index contributed by atoms with van der Waals surface area (Å²) in [5, 5.41) is 9.47. The number of amides is 1. The molecule has 1 N–H and O–H groups in total. The fraction of sp³-hybridized carbons (Fsp3) is 0.350. The Labute approximate surface area is 146 Å². The molecule has 4 nitrogen and oxygen atoms in total. The summed E-state index contributed by atoms with van der Waals surface area (Å²) in [6.45, 7) is 2.35. The largest absolute Gasteiger partial charge is 0.438 e. The molecule has 0 aromatic heterocycles. The third-order valence-corrected chi connectivity index (χ3v) is 4.91. The number of cyclic esters (lactones) is 1. The van der Waals surface area contributed by atoms with Crippen molar-refractivity contribution in [2.75, 3.05) is 13.2 Å². The van der Waals surface area contributed by atoms with E-state index in [0.29, 0.717) is 19.4 Å². The zero-order valence-corrected chi connectivity index (χ0v) is 14.2. The summed E-state index contributed by atoms with van der Waals surface area (Å²) < 4.78 is 18.9. The van der Waals surface area contributed by atoms with E-state index in [1.807, 2.05) is 37.3 Å². The molecule has 1 saturated heterocycles. The lowest BCUT2D eigenvalue weighted by Gasteiger charge is -2.43. The highest BCUT2D eigenvalue weighted by atomic mass is 19.1. The Morgan fingerprint density at radius 3 is 2.48 bits per heavy atom. The number of carbonyl (C=O) groups excluding carboxylic acids is 1. The maximum Gasteiger partial charge on any atom is 0.411 e. The fourth-order valence-corrected chi connectivity index (χ4v) is 3.39. The number of hydrogen-bond acceptors (Lipinski definition) is 3. The van der Waals surface area contributed by atoms with Gasteiger partial charge in [-0.15, -0.1) is 0 Å². The van der Waals surface area contributed by atoms with Gasteiger partial charge in [0.25, 0.3) is 0 Å². The van der Waals surface area contributed by atoms with Gasteiger partial charge in [-0.25, -0.2) is 9.18 Å². The molecule has 1 fully saturated rings. The van der Waals surface area contributed by atoms with Gasteiger partial charge < -0.3 is 14.7 Å². The molecule has 3 rings (SSSR count). The Morgan fingerprint density at radius 2 is 1.88 bits per heavy atom. The SMILES string of the molecule is C[C@@H](c1ccc(F)cc1)N1CCC(CCO)(c2ccccc2)OC1=O. The first-order valence-electron chi connectivity index (χ1n) is 8.47. The van der Waals surface area contributed by atoms with E-state index in [9.17, 15) is 14.3 Å². The van der Waals surface area contributed by atoms with Gasteiger partial charge in [0.05, 0.1) is 6.04 Å². The molecule has 1 aliphatic rings. The summed E-state index contributed by atoms with van der Waals surface area (Å²) in [6.07, 6.45) is 0.538. The predicted molar refractivity (Wildman–Crippen MR) is 92.4 cm³/mol. The number of benzene rings is 2. The summed E-state index contributed by atoms with van der Waals surface area (Å²) >= 11 is 0. The third kappa shape index (κ3) is 3.51. The highest BCUT2D eigenvalue weighted by molar-refractivity contribution is 5.70. The Bertz CT molecular complexity index is 719. The van der Waals surface area contributed by atoms with Gasteiger partial charge in [0.15, 0.2) is 0 Å². The molecule has 1 unspecified atom stereocenters. The molecule has 1 aliphatic heterocycles. The van der Waals surface area contributed by atoms with Crippen LogP contribution < -0.4 is 0 Å². The van der Waals surface area contributed by atoms with Gasteiger partial charge in [0, 0.05) is 26.0 Å². The summed E-state index contributed by atoms with van der Waals surface area (Å²) in [5.41, 5.74) is 0.950. The summed E-state index contributed by atoms with van der Waals surface area (Å²) in [6, 6.07) is 15.5. The standard InChI is InChI=1S/C20H22FNO3/c1-15(16-7-9-18(21)10-8-16)22-13-11-20(12-14-23,25-19(22)24)17-5-3-2-4-6-17/h2-10,15,23H,11-14H2,1H3/t15-,20?/m0/s1. The van der Waals surface area contributed by atoms with Crippen LogP contribution in [0.3, 0.4) is 0 Å². The number of ether oxygens (including phenoxy) is 1. The van der Waals surface area contributed by atoms with Gasteiger partial charge in [-0.2, -0.15) is 0 Å². The molecule has 2 atom stereocenters. The minimum absolute atomic E-state index is 0.0598. The second-order valence-corrected chi connectivity index (χ2v) is 6.37. The highest BCUT2D eigenvalue weighted by Crippen LogP contribution is 2.39. The van der Waals surface area contributed by atoms with Crippen molar-refractivity contribution < 1.29 is 19.0 Å². The van der Waals surface area contributed by atoms with Gasteiger partial charge in [-0.1, -0.05) is 42.5 Å². The number of nitrogens with zero attached hydrogens (tertiary/aromatic N) is 1. The molecule has 1 amide bonds. The van der Waals surface area contributed by atoms with E-state index in [1.54, 1.807) is 17.0 Å². The molecule has 132 valence electrons. The number of carbonyl (C=O) groups is 1. The van der Waals surface area contributed by atoms with Crippen LogP contribution in [0.1, 0.15) is 36.9 Å². The molecule has 1 heterocycles. The zero-order valence-electron chi connectivity index (χ0n) is 14.2. The van der Waals surface area contributed by atoms with Crippen molar-refractivity contribution in [3.63, 3.8) is 0 Å². The number of rotatable bonds is 5. The molecule has 25 heavy (non-hydrogen) atoms. The average Bonchev–Trinajstić information content (AvgIpc) is 2.63. The van der Waals surface area contributed by atoms with Crippen molar-refractivity contribution in [2.45, 2.75) is 31.4 Å². The second kappa shape index (κ2) is 7.23. The van der Waals surface area contributed by atoms with Crippen LogP contribution in [-0.2, 0) is 10.3 Å². The quantitative estimate of drug-likeness (QED) is 0.892. The van der Waals surface area contributed by atoms with Gasteiger partial charge in [-0.3, -0.25) is 0 Å². The minimum atomic E-state index is -0.799. The van der Waals surface area contributed by atoms with Gasteiger partial charge >= 0.3 is 6.09 Å². The van der Waals surface area contributed by atoms with Crippen molar-refractivity contribution in [2.24, 2.45) is 0 Å². The Hall–Kier alpha value is -2.40. The summed E-state index contributed by atoms with van der Waals surface area (Å²) in [7, 11) is 0. The molecule has 0 radical (unpaired) electrons. The van der Waals surface area contributed by atoms with E-state index < -0.39 is 11.7 Å². The van der Waals surface area contributed by atoms with Crippen LogP contribution >= 0.6 is 0 Å². The first-order chi connectivity index (χ1) is 12.1. The third-order valence-electron chi connectivity index (χ3n) is 4.91. The Morgan fingerprint density at radius 1 is 1.20 bits per heavy atom. The van der Waals surface area contributed by atoms with Gasteiger partial charge in [0.2, 0.25) is 0 Å². The maximum absolute atomic E-state index is 13.1. The Kier molecular flexibility index (Phi) is 5.04. The molecule has 2 aromatic rings. The molecule has 0 aliphatic carbocycles. The molecule has 0 spiro atoms. The van der Waals surface area contributed by atoms with Gasteiger partial charge in [0.1, 0.15) is 11.4 Å². The molecule has 5 heteroatoms. The van der Waals surface area contributed by atoms with Crippen molar-refractivity contribution in [3.05, 3.63) is 71.5 Å². The number of hydrogen-bond donors (Lipinski definition) is 1. The smallest absolute Gasteiger partial charge is 0.411 e. The topological polar surface area (TPSA) is 49.8 Å². The monoisotopic (exact) mass is 343 g/mol. The molecular weight excluding hydrogens is 321 g/mol. The lowest BCUT2D eigenvalue weighted by molar-refractivity contribution is -0.0718. The van der Waals surface area contributed by atoms with E-state index in [-0.39, 0.29) is 18.5 Å². The maximum atomic E-state index is 13.1. The molecule has 2 aromatic carbocycles. The lowest BCUT2D eigenvalue weighted by atomic mass is 9.85. The fourth-order valence-electron chi connectivity index (χ4n) is 3.39. The number of halogens is 1. The molecule has 0 saturated carbocycles. The predicted octanol–water partition coefficient (Wildman–Crippen LogP) is 4.01. The normalized spacial score (nSPS) is 21.7. The Balaban J connectivity index is 1.81. The van der Waals surface area contributed by atoms with Crippen LogP contribution in [0.5, 0.6) is 0 Å². The van der Waals surface area contributed by atoms with Crippen molar-refractivity contribution in [1.29, 1.82) is 0 Å². The van der Waals surface area contributed by atoms with E-state index in [0.717, 1.165) is 11.1 Å². The van der Waals surface area contributed by atoms with E-state index in [4.69, 9.17) is 4.74 Å². The second-order valence-electron chi connectivity index (χ2n) is 6.37. The summed E-state index contributed by atoms with van der Waals surface area (Å²) in [5.74, 6) is -0.303. The lowest BCUT2D eigenvalue weighted by Crippen LogP contribution is -2.49. The highest BCUT2D eigenvalue weighted by Gasteiger charge is 2.43. The van der Waals surface area contributed by atoms with E-state index in [1.165, 1.54) is 12.1 Å². The molecule has 0 bridgehead atoms. The van der Waals surface area contributed by atoms with Crippen molar-refractivity contribution in [1.82, 2.24) is 4.90 Å². The van der Waals surface area contributed by atoms with E-state index >= 15 is 0 Å². The first-order valence-corrected chi connectivity index (χ1v) is 8.47. The van der Waals surface area contributed by atoms with Crippen LogP contribution in [0, 0.1) is 5.82 Å². The van der Waals surface area contributed by atoms with Crippen LogP contribution in [0.2, 0.25) is 0 Å². The summed E-state index contributed by atoms with van der Waals surface area (Å²) in [4.78, 5) is 14.3.